The molecule has 2 rings (SSSR count). The average Bonchev–Trinajstić information content (AvgIpc) is 2.31. The summed E-state index contributed by atoms with van der Waals surface area (Å²) in [6.45, 7) is 0.945. The first-order valence-corrected chi connectivity index (χ1v) is 6.15. The first-order valence-electron chi connectivity index (χ1n) is 5.36. The van der Waals surface area contributed by atoms with Crippen molar-refractivity contribution in [3.8, 4) is 5.75 Å². The number of benzene rings is 1. The number of alkyl halides is 3. The molecule has 0 radical (unpaired) electrons. The molecule has 19 heavy (non-hydrogen) atoms. The van der Waals surface area contributed by atoms with Crippen molar-refractivity contribution in [1.82, 2.24) is 4.98 Å². The molecule has 1 aromatic carbocycles. The molecule has 7 heteroatoms. The van der Waals surface area contributed by atoms with E-state index in [1.165, 1.54) is 18.3 Å². The highest BCUT2D eigenvalue weighted by molar-refractivity contribution is 9.10. The van der Waals surface area contributed by atoms with Crippen LogP contribution >= 0.6 is 15.9 Å². The summed E-state index contributed by atoms with van der Waals surface area (Å²) in [6.07, 6.45) is -4.86. The SMILES string of the molecule is CC(Oc1ccc(N)c2cc(Br)cnc12)C(F)(F)F. The molecule has 0 bridgehead atoms. The summed E-state index contributed by atoms with van der Waals surface area (Å²) >= 11 is 3.23. The zero-order chi connectivity index (χ0) is 14.2. The van der Waals surface area contributed by atoms with Gasteiger partial charge >= 0.3 is 6.18 Å². The maximum Gasteiger partial charge on any atom is 0.425 e. The largest absolute Gasteiger partial charge is 0.479 e. The highest BCUT2D eigenvalue weighted by Crippen LogP contribution is 2.33. The van der Waals surface area contributed by atoms with E-state index in [1.54, 1.807) is 6.07 Å². The van der Waals surface area contributed by atoms with Crippen molar-refractivity contribution < 1.29 is 17.9 Å². The van der Waals surface area contributed by atoms with Crippen LogP contribution in [0.3, 0.4) is 0 Å². The lowest BCUT2D eigenvalue weighted by Gasteiger charge is -2.18. The van der Waals surface area contributed by atoms with Crippen LogP contribution in [-0.2, 0) is 0 Å². The molecule has 1 heterocycles. The van der Waals surface area contributed by atoms with Crippen LogP contribution in [0.5, 0.6) is 5.75 Å². The number of rotatable bonds is 2. The van der Waals surface area contributed by atoms with Crippen LogP contribution in [0, 0.1) is 0 Å². The topological polar surface area (TPSA) is 48.1 Å². The number of anilines is 1. The molecule has 0 saturated carbocycles. The normalized spacial score (nSPS) is 13.5. The smallest absolute Gasteiger partial charge is 0.425 e. The summed E-state index contributed by atoms with van der Waals surface area (Å²) in [5, 5.41) is 0.543. The summed E-state index contributed by atoms with van der Waals surface area (Å²) in [7, 11) is 0. The van der Waals surface area contributed by atoms with Crippen LogP contribution in [0.2, 0.25) is 0 Å². The molecule has 1 atom stereocenters. The van der Waals surface area contributed by atoms with Crippen molar-refractivity contribution in [1.29, 1.82) is 0 Å². The highest BCUT2D eigenvalue weighted by atomic mass is 79.9. The number of nitrogens with two attached hydrogens (primary N) is 1. The fourth-order valence-corrected chi connectivity index (χ4v) is 1.87. The second-order valence-electron chi connectivity index (χ2n) is 4.00. The van der Waals surface area contributed by atoms with Gasteiger partial charge in [0.2, 0.25) is 0 Å². The molecule has 0 saturated heterocycles. The number of fused-ring (bicyclic) bond motifs is 1. The first kappa shape index (κ1) is 13.9. The number of nitrogens with zero attached hydrogens (tertiary/aromatic N) is 1. The van der Waals surface area contributed by atoms with Crippen LogP contribution in [0.15, 0.2) is 28.9 Å². The van der Waals surface area contributed by atoms with Crippen LogP contribution in [-0.4, -0.2) is 17.3 Å². The number of ether oxygens (including phenoxy) is 1. The van der Waals surface area contributed by atoms with E-state index in [0.29, 0.717) is 21.1 Å². The monoisotopic (exact) mass is 334 g/mol. The van der Waals surface area contributed by atoms with Gasteiger partial charge in [-0.25, -0.2) is 0 Å². The number of pyridine rings is 1. The fraction of sp³-hybridized carbons (Fsp3) is 0.250. The summed E-state index contributed by atoms with van der Waals surface area (Å²) < 4.78 is 43.1. The predicted octanol–water partition coefficient (Wildman–Crippen LogP) is 3.91. The van der Waals surface area contributed by atoms with Crippen molar-refractivity contribution in [2.45, 2.75) is 19.2 Å². The van der Waals surface area contributed by atoms with Crippen LogP contribution in [0.4, 0.5) is 18.9 Å². The zero-order valence-corrected chi connectivity index (χ0v) is 11.4. The molecular weight excluding hydrogens is 325 g/mol. The van der Waals surface area contributed by atoms with Crippen LogP contribution < -0.4 is 10.5 Å². The third-order valence-corrected chi connectivity index (χ3v) is 3.01. The number of nitrogen functional groups attached to an aromatic ring is 1. The van der Waals surface area contributed by atoms with Gasteiger partial charge in [-0.05, 0) is 41.1 Å². The Hall–Kier alpha value is -1.50. The predicted molar refractivity (Wildman–Crippen MR) is 70.0 cm³/mol. The zero-order valence-electron chi connectivity index (χ0n) is 9.83. The van der Waals surface area contributed by atoms with E-state index in [2.05, 4.69) is 20.9 Å². The van der Waals surface area contributed by atoms with Crippen molar-refractivity contribution in [2.75, 3.05) is 5.73 Å². The summed E-state index contributed by atoms with van der Waals surface area (Å²) in [4.78, 5) is 4.06. The minimum atomic E-state index is -4.43. The van der Waals surface area contributed by atoms with Crippen molar-refractivity contribution in [2.24, 2.45) is 0 Å². The van der Waals surface area contributed by atoms with E-state index >= 15 is 0 Å². The van der Waals surface area contributed by atoms with E-state index in [4.69, 9.17) is 10.5 Å². The van der Waals surface area contributed by atoms with Gasteiger partial charge in [0.1, 0.15) is 11.3 Å². The summed E-state index contributed by atoms with van der Waals surface area (Å²) in [6, 6.07) is 4.57. The molecule has 0 fully saturated rings. The quantitative estimate of drug-likeness (QED) is 0.847. The standard InChI is InChI=1S/C12H10BrF3N2O/c1-6(12(14,15)16)19-10-3-2-9(17)8-4-7(13)5-18-11(8)10/h2-6H,17H2,1H3. The van der Waals surface area contributed by atoms with E-state index in [1.807, 2.05) is 0 Å². The molecule has 0 aliphatic carbocycles. The number of aromatic nitrogens is 1. The van der Waals surface area contributed by atoms with Gasteiger partial charge in [-0.2, -0.15) is 13.2 Å². The Bertz CT molecular complexity index is 616. The third kappa shape index (κ3) is 2.91. The second-order valence-corrected chi connectivity index (χ2v) is 4.92. The highest BCUT2D eigenvalue weighted by Gasteiger charge is 2.38. The van der Waals surface area contributed by atoms with Gasteiger partial charge in [0.05, 0.1) is 0 Å². The first-order chi connectivity index (χ1) is 8.79. The lowest BCUT2D eigenvalue weighted by molar-refractivity contribution is -0.189. The molecule has 1 aromatic heterocycles. The summed E-state index contributed by atoms with van der Waals surface area (Å²) in [5.74, 6) is 0.0570. The molecule has 0 spiro atoms. The van der Waals surface area contributed by atoms with Gasteiger partial charge in [-0.3, -0.25) is 4.98 Å². The van der Waals surface area contributed by atoms with E-state index in [0.717, 1.165) is 6.92 Å². The van der Waals surface area contributed by atoms with Crippen molar-refractivity contribution >= 4 is 32.5 Å². The molecule has 2 N–H and O–H groups in total. The van der Waals surface area contributed by atoms with Gasteiger partial charge in [-0.1, -0.05) is 0 Å². The average molecular weight is 335 g/mol. The fourth-order valence-electron chi connectivity index (χ4n) is 1.54. The Balaban J connectivity index is 2.48. The Morgan fingerprint density at radius 2 is 2.05 bits per heavy atom. The minimum Gasteiger partial charge on any atom is -0.479 e. The Morgan fingerprint density at radius 1 is 1.37 bits per heavy atom. The van der Waals surface area contributed by atoms with Gasteiger partial charge in [-0.15, -0.1) is 0 Å². The molecular formula is C12H10BrF3N2O. The van der Waals surface area contributed by atoms with Gasteiger partial charge < -0.3 is 10.5 Å². The molecule has 1 unspecified atom stereocenters. The van der Waals surface area contributed by atoms with Crippen LogP contribution in [0.25, 0.3) is 10.9 Å². The van der Waals surface area contributed by atoms with Gasteiger partial charge in [0.25, 0.3) is 0 Å². The van der Waals surface area contributed by atoms with Crippen LogP contribution in [0.1, 0.15) is 6.92 Å². The van der Waals surface area contributed by atoms with Gasteiger partial charge in [0, 0.05) is 21.7 Å². The van der Waals surface area contributed by atoms with Crippen molar-refractivity contribution in [3.63, 3.8) is 0 Å². The molecule has 0 aliphatic heterocycles. The molecule has 102 valence electrons. The third-order valence-electron chi connectivity index (χ3n) is 2.58. The van der Waals surface area contributed by atoms with E-state index in [-0.39, 0.29) is 5.75 Å². The lowest BCUT2D eigenvalue weighted by Crippen LogP contribution is -2.31. The molecule has 2 aromatic rings. The number of halogens is 4. The Kier molecular flexibility index (Phi) is 3.58. The Labute approximate surface area is 115 Å². The van der Waals surface area contributed by atoms with Gasteiger partial charge in [0.15, 0.2) is 6.10 Å². The lowest BCUT2D eigenvalue weighted by atomic mass is 10.1. The molecule has 0 aliphatic rings. The second kappa shape index (κ2) is 4.88. The minimum absolute atomic E-state index is 0.0570. The van der Waals surface area contributed by atoms with E-state index < -0.39 is 12.3 Å². The molecule has 0 amide bonds. The van der Waals surface area contributed by atoms with E-state index in [9.17, 15) is 13.2 Å². The Morgan fingerprint density at radius 3 is 2.68 bits per heavy atom. The molecule has 3 nitrogen and oxygen atoms in total. The van der Waals surface area contributed by atoms with Crippen molar-refractivity contribution in [3.05, 3.63) is 28.9 Å². The number of hydrogen-bond donors (Lipinski definition) is 1. The maximum absolute atomic E-state index is 12.5. The maximum atomic E-state index is 12.5. The summed E-state index contributed by atoms with van der Waals surface area (Å²) in [5.41, 5.74) is 6.50. The number of hydrogen-bond acceptors (Lipinski definition) is 3.